The summed E-state index contributed by atoms with van der Waals surface area (Å²) in [7, 11) is 0. The van der Waals surface area contributed by atoms with Gasteiger partial charge in [0.15, 0.2) is 11.0 Å². The fourth-order valence-corrected chi connectivity index (χ4v) is 3.54. The van der Waals surface area contributed by atoms with Gasteiger partial charge in [-0.15, -0.1) is 16.8 Å². The molecule has 0 unspecified atom stereocenters. The van der Waals surface area contributed by atoms with Crippen molar-refractivity contribution in [1.29, 1.82) is 0 Å². The average molecular weight is 376 g/mol. The zero-order chi connectivity index (χ0) is 18.4. The van der Waals surface area contributed by atoms with Crippen LogP contribution in [0.15, 0.2) is 30.1 Å². The number of nitrogens with one attached hydrogen (secondary N) is 1. The molecule has 1 saturated heterocycles. The van der Waals surface area contributed by atoms with Gasteiger partial charge in [0.05, 0.1) is 18.4 Å². The standard InChI is InChI=1S/C17H24N6O2S/c1-3-8-18-15(24)12-26-17-20-19-16(14-7-9-22(4-2)21-14)23(17)11-13-6-5-10-25-13/h3,7,9,13H,1,4-6,8,10-12H2,2H3,(H,18,24)/t13-/m1/s1. The smallest absolute Gasteiger partial charge is 0.230 e. The van der Waals surface area contributed by atoms with Crippen LogP contribution in [0.1, 0.15) is 19.8 Å². The van der Waals surface area contributed by atoms with Crippen LogP contribution in [0.4, 0.5) is 0 Å². The second kappa shape index (κ2) is 9.00. The van der Waals surface area contributed by atoms with Gasteiger partial charge in [0.2, 0.25) is 5.91 Å². The lowest BCUT2D eigenvalue weighted by Crippen LogP contribution is -2.25. The highest BCUT2D eigenvalue weighted by Crippen LogP contribution is 2.25. The summed E-state index contributed by atoms with van der Waals surface area (Å²) in [5.41, 5.74) is 0.778. The van der Waals surface area contributed by atoms with Crippen molar-refractivity contribution in [2.75, 3.05) is 18.9 Å². The van der Waals surface area contributed by atoms with Crippen LogP contribution in [0.2, 0.25) is 0 Å². The molecule has 9 heteroatoms. The lowest BCUT2D eigenvalue weighted by molar-refractivity contribution is -0.118. The van der Waals surface area contributed by atoms with Crippen molar-refractivity contribution in [1.82, 2.24) is 29.9 Å². The Kier molecular flexibility index (Phi) is 6.45. The number of hydrogen-bond donors (Lipinski definition) is 1. The Morgan fingerprint density at radius 2 is 2.42 bits per heavy atom. The molecule has 1 fully saturated rings. The van der Waals surface area contributed by atoms with Crippen molar-refractivity contribution in [2.45, 2.75) is 44.1 Å². The van der Waals surface area contributed by atoms with Crippen LogP contribution in [-0.4, -0.2) is 55.5 Å². The summed E-state index contributed by atoms with van der Waals surface area (Å²) < 4.78 is 9.65. The SMILES string of the molecule is C=CCNC(=O)CSc1nnc(-c2ccn(CC)n2)n1C[C@H]1CCCO1. The van der Waals surface area contributed by atoms with Crippen molar-refractivity contribution in [3.05, 3.63) is 24.9 Å². The van der Waals surface area contributed by atoms with Crippen molar-refractivity contribution in [3.63, 3.8) is 0 Å². The third-order valence-corrected chi connectivity index (χ3v) is 5.06. The summed E-state index contributed by atoms with van der Waals surface area (Å²) in [6.45, 7) is 8.35. The van der Waals surface area contributed by atoms with Gasteiger partial charge in [-0.05, 0) is 25.8 Å². The fraction of sp³-hybridized carbons (Fsp3) is 0.529. The molecule has 3 rings (SSSR count). The topological polar surface area (TPSA) is 86.9 Å². The molecule has 1 aliphatic rings. The number of aromatic nitrogens is 5. The van der Waals surface area contributed by atoms with E-state index in [0.717, 1.165) is 31.7 Å². The first-order valence-corrected chi connectivity index (χ1v) is 9.78. The van der Waals surface area contributed by atoms with Crippen LogP contribution in [0.5, 0.6) is 0 Å². The molecular weight excluding hydrogens is 352 g/mol. The van der Waals surface area contributed by atoms with Gasteiger partial charge in [0, 0.05) is 25.9 Å². The molecular formula is C17H24N6O2S. The molecule has 1 N–H and O–H groups in total. The molecule has 1 amide bonds. The molecule has 26 heavy (non-hydrogen) atoms. The van der Waals surface area contributed by atoms with E-state index in [0.29, 0.717) is 24.1 Å². The maximum Gasteiger partial charge on any atom is 0.230 e. The van der Waals surface area contributed by atoms with Crippen LogP contribution >= 0.6 is 11.8 Å². The zero-order valence-corrected chi connectivity index (χ0v) is 15.7. The molecule has 1 aliphatic heterocycles. The van der Waals surface area contributed by atoms with E-state index in [1.807, 2.05) is 28.4 Å². The monoisotopic (exact) mass is 376 g/mol. The van der Waals surface area contributed by atoms with Gasteiger partial charge in [-0.3, -0.25) is 14.0 Å². The summed E-state index contributed by atoms with van der Waals surface area (Å²) in [6, 6.07) is 1.94. The van der Waals surface area contributed by atoms with E-state index in [2.05, 4.69) is 27.2 Å². The second-order valence-electron chi connectivity index (χ2n) is 5.99. The van der Waals surface area contributed by atoms with Crippen molar-refractivity contribution >= 4 is 17.7 Å². The largest absolute Gasteiger partial charge is 0.376 e. The minimum Gasteiger partial charge on any atom is -0.376 e. The van der Waals surface area contributed by atoms with Crippen LogP contribution < -0.4 is 5.32 Å². The van der Waals surface area contributed by atoms with Gasteiger partial charge in [-0.2, -0.15) is 5.10 Å². The van der Waals surface area contributed by atoms with E-state index in [1.165, 1.54) is 11.8 Å². The number of rotatable bonds is 9. The molecule has 2 aromatic rings. The first-order chi connectivity index (χ1) is 12.7. The Morgan fingerprint density at radius 3 is 3.12 bits per heavy atom. The van der Waals surface area contributed by atoms with Crippen LogP contribution in [-0.2, 0) is 22.6 Å². The minimum absolute atomic E-state index is 0.0571. The Balaban J connectivity index is 1.78. The van der Waals surface area contributed by atoms with Crippen molar-refractivity contribution < 1.29 is 9.53 Å². The number of ether oxygens (including phenoxy) is 1. The van der Waals surface area contributed by atoms with E-state index in [4.69, 9.17) is 4.74 Å². The van der Waals surface area contributed by atoms with E-state index in [9.17, 15) is 4.79 Å². The Hall–Kier alpha value is -2.13. The third-order valence-electron chi connectivity index (χ3n) is 4.10. The summed E-state index contributed by atoms with van der Waals surface area (Å²) in [6.07, 6.45) is 5.82. The number of carbonyl (C=O) groups excluding carboxylic acids is 1. The normalized spacial score (nSPS) is 16.7. The summed E-state index contributed by atoms with van der Waals surface area (Å²) >= 11 is 1.37. The van der Waals surface area contributed by atoms with Gasteiger partial charge in [-0.25, -0.2) is 0 Å². The van der Waals surface area contributed by atoms with Gasteiger partial charge in [0.25, 0.3) is 0 Å². The molecule has 0 spiro atoms. The summed E-state index contributed by atoms with van der Waals surface area (Å²) in [4.78, 5) is 11.9. The van der Waals surface area contributed by atoms with Crippen LogP contribution in [0, 0.1) is 0 Å². The van der Waals surface area contributed by atoms with E-state index >= 15 is 0 Å². The summed E-state index contributed by atoms with van der Waals surface area (Å²) in [5, 5.41) is 16.6. The predicted octanol–water partition coefficient (Wildman–Crippen LogP) is 1.73. The van der Waals surface area contributed by atoms with Gasteiger partial charge in [0.1, 0.15) is 5.69 Å². The molecule has 0 bridgehead atoms. The number of nitrogens with zero attached hydrogens (tertiary/aromatic N) is 5. The predicted molar refractivity (Wildman–Crippen MR) is 99.8 cm³/mol. The number of carbonyl (C=O) groups is 1. The van der Waals surface area contributed by atoms with E-state index in [-0.39, 0.29) is 17.8 Å². The van der Waals surface area contributed by atoms with Crippen molar-refractivity contribution in [2.24, 2.45) is 0 Å². The number of aryl methyl sites for hydroxylation is 1. The quantitative estimate of drug-likeness (QED) is 0.530. The first kappa shape index (κ1) is 18.7. The van der Waals surface area contributed by atoms with Gasteiger partial charge >= 0.3 is 0 Å². The highest BCUT2D eigenvalue weighted by Gasteiger charge is 2.23. The molecule has 8 nitrogen and oxygen atoms in total. The molecule has 0 saturated carbocycles. The minimum atomic E-state index is -0.0571. The molecule has 1 atom stereocenters. The van der Waals surface area contributed by atoms with E-state index in [1.54, 1.807) is 6.08 Å². The average Bonchev–Trinajstić information content (AvgIpc) is 3.39. The lowest BCUT2D eigenvalue weighted by atomic mass is 10.2. The van der Waals surface area contributed by atoms with Gasteiger partial charge in [-0.1, -0.05) is 17.8 Å². The Bertz CT molecular complexity index is 750. The molecule has 140 valence electrons. The lowest BCUT2D eigenvalue weighted by Gasteiger charge is -2.14. The van der Waals surface area contributed by atoms with E-state index < -0.39 is 0 Å². The van der Waals surface area contributed by atoms with Crippen molar-refractivity contribution in [3.8, 4) is 11.5 Å². The Morgan fingerprint density at radius 1 is 1.54 bits per heavy atom. The maximum atomic E-state index is 11.9. The number of thioether (sulfide) groups is 1. The van der Waals surface area contributed by atoms with Crippen LogP contribution in [0.25, 0.3) is 11.5 Å². The number of hydrogen-bond acceptors (Lipinski definition) is 6. The third kappa shape index (κ3) is 4.53. The molecule has 2 aromatic heterocycles. The highest BCUT2D eigenvalue weighted by atomic mass is 32.2. The highest BCUT2D eigenvalue weighted by molar-refractivity contribution is 7.99. The first-order valence-electron chi connectivity index (χ1n) is 8.80. The molecule has 3 heterocycles. The van der Waals surface area contributed by atoms with Crippen LogP contribution in [0.3, 0.4) is 0 Å². The molecule has 0 aromatic carbocycles. The second-order valence-corrected chi connectivity index (χ2v) is 6.93. The molecule has 0 aliphatic carbocycles. The maximum absolute atomic E-state index is 11.9. The molecule has 0 radical (unpaired) electrons. The Labute approximate surface area is 157 Å². The fourth-order valence-electron chi connectivity index (χ4n) is 2.77. The summed E-state index contributed by atoms with van der Waals surface area (Å²) in [5.74, 6) is 0.932. The van der Waals surface area contributed by atoms with Gasteiger partial charge < -0.3 is 10.1 Å². The number of amides is 1. The zero-order valence-electron chi connectivity index (χ0n) is 14.9.